The third kappa shape index (κ3) is 7.12. The molecule has 5 aliphatic rings. The number of morpholine rings is 1. The lowest BCUT2D eigenvalue weighted by molar-refractivity contribution is -0.100. The Balaban J connectivity index is 1.27. The molecule has 2 N–H and O–H groups in total. The Hall–Kier alpha value is -2.30. The third-order valence-electron chi connectivity index (χ3n) is 12.8. The van der Waals surface area contributed by atoms with Crippen LogP contribution in [-0.4, -0.2) is 89.4 Å². The van der Waals surface area contributed by atoms with Crippen molar-refractivity contribution in [2.24, 2.45) is 17.8 Å². The first kappa shape index (κ1) is 35.1. The van der Waals surface area contributed by atoms with Crippen LogP contribution < -0.4 is 14.4 Å². The van der Waals surface area contributed by atoms with E-state index in [0.29, 0.717) is 24.5 Å². The number of benzene rings is 2. The first-order valence-corrected chi connectivity index (χ1v) is 20.6. The molecule has 2 bridgehead atoms. The van der Waals surface area contributed by atoms with E-state index in [1.54, 1.807) is 6.07 Å². The van der Waals surface area contributed by atoms with E-state index in [1.807, 2.05) is 25.1 Å². The molecule has 7 rings (SSSR count). The molecule has 10 heteroatoms. The summed E-state index contributed by atoms with van der Waals surface area (Å²) in [5.41, 5.74) is 2.90. The summed E-state index contributed by atoms with van der Waals surface area (Å²) in [5, 5.41) is 13.1. The van der Waals surface area contributed by atoms with Gasteiger partial charge in [-0.05, 0) is 123 Å². The summed E-state index contributed by atoms with van der Waals surface area (Å²) in [7, 11) is -2.93. The maximum atomic E-state index is 13.9. The summed E-state index contributed by atoms with van der Waals surface area (Å²) >= 11 is 6.48. The predicted octanol–water partition coefficient (Wildman–Crippen LogP) is 5.86. The van der Waals surface area contributed by atoms with Crippen LogP contribution in [0.5, 0.6) is 5.75 Å². The highest BCUT2D eigenvalue weighted by Crippen LogP contribution is 2.49. The number of hydrogen-bond donors (Lipinski definition) is 2. The van der Waals surface area contributed by atoms with E-state index in [1.165, 1.54) is 11.1 Å². The molecule has 2 fully saturated rings. The summed E-state index contributed by atoms with van der Waals surface area (Å²) in [6.07, 6.45) is 8.22. The van der Waals surface area contributed by atoms with Crippen molar-refractivity contribution >= 4 is 38.8 Å². The van der Waals surface area contributed by atoms with Crippen molar-refractivity contribution in [3.63, 3.8) is 0 Å². The normalized spacial score (nSPS) is 35.7. The molecule has 1 saturated carbocycles. The van der Waals surface area contributed by atoms with Gasteiger partial charge >= 0.3 is 0 Å². The Bertz CT molecular complexity index is 1650. The van der Waals surface area contributed by atoms with Gasteiger partial charge in [0.05, 0.1) is 40.8 Å². The molecule has 0 aromatic heterocycles. The quantitative estimate of drug-likeness (QED) is 0.386. The lowest BCUT2D eigenvalue weighted by atomic mass is 9.62. The summed E-state index contributed by atoms with van der Waals surface area (Å²) in [6.45, 7) is 10.2. The maximum absolute atomic E-state index is 13.9. The van der Waals surface area contributed by atoms with Crippen LogP contribution in [0, 0.1) is 17.8 Å². The van der Waals surface area contributed by atoms with Gasteiger partial charge in [-0.1, -0.05) is 31.0 Å². The molecule has 8 nitrogen and oxygen atoms in total. The number of amides is 1. The van der Waals surface area contributed by atoms with Crippen molar-refractivity contribution in [1.29, 1.82) is 0 Å². The number of anilines is 1. The Morgan fingerprint density at radius 2 is 1.90 bits per heavy atom. The Labute approximate surface area is 298 Å². The number of hydrogen-bond acceptors (Lipinski definition) is 7. The largest absolute Gasteiger partial charge is 0.490 e. The van der Waals surface area contributed by atoms with E-state index >= 15 is 0 Å². The number of nitrogens with zero attached hydrogens (tertiary/aromatic N) is 2. The molecule has 1 saturated heterocycles. The van der Waals surface area contributed by atoms with Gasteiger partial charge in [0.25, 0.3) is 5.91 Å². The van der Waals surface area contributed by atoms with Crippen LogP contribution in [0.1, 0.15) is 86.7 Å². The van der Waals surface area contributed by atoms with Gasteiger partial charge in [-0.2, -0.15) is 0 Å². The molecule has 3 aliphatic heterocycles. The second kappa shape index (κ2) is 14.0. The third-order valence-corrected chi connectivity index (χ3v) is 15.2. The van der Waals surface area contributed by atoms with Crippen LogP contribution in [-0.2, 0) is 26.3 Å². The zero-order valence-corrected chi connectivity index (χ0v) is 30.8. The van der Waals surface area contributed by atoms with Crippen molar-refractivity contribution in [3.8, 4) is 5.75 Å². The first-order valence-electron chi connectivity index (χ1n) is 18.5. The number of nitrogens with one attached hydrogen (secondary N) is 1. The van der Waals surface area contributed by atoms with Crippen LogP contribution in [0.3, 0.4) is 0 Å². The fourth-order valence-electron chi connectivity index (χ4n) is 9.35. The fraction of sp³-hybridized carbons (Fsp3) is 0.641. The van der Waals surface area contributed by atoms with Crippen LogP contribution >= 0.6 is 11.6 Å². The van der Waals surface area contributed by atoms with Crippen LogP contribution in [0.15, 0.2) is 36.4 Å². The Morgan fingerprint density at radius 3 is 2.67 bits per heavy atom. The van der Waals surface area contributed by atoms with Crippen LogP contribution in [0.2, 0.25) is 5.02 Å². The van der Waals surface area contributed by atoms with Gasteiger partial charge in [-0.15, -0.1) is 0 Å². The van der Waals surface area contributed by atoms with Crippen molar-refractivity contribution in [2.45, 2.75) is 87.9 Å². The molecular weight excluding hydrogens is 658 g/mol. The molecule has 268 valence electrons. The topological polar surface area (TPSA) is 91.3 Å². The average Bonchev–Trinajstić information content (AvgIpc) is 3.22. The molecule has 3 heterocycles. The minimum absolute atomic E-state index is 0.0688. The number of halogens is 1. The number of carbonyl (C=O) groups excluding carboxylic acids is 1. The molecule has 2 aliphatic carbocycles. The second-order valence-electron chi connectivity index (χ2n) is 15.8. The molecule has 0 radical (unpaired) electrons. The van der Waals surface area contributed by atoms with Gasteiger partial charge < -0.3 is 19.5 Å². The molecule has 1 amide bonds. The molecule has 2 aromatic rings. The van der Waals surface area contributed by atoms with Crippen molar-refractivity contribution < 1.29 is 23.6 Å². The van der Waals surface area contributed by atoms with Gasteiger partial charge in [0, 0.05) is 54.0 Å². The maximum Gasteiger partial charge on any atom is 0.262 e. The van der Waals surface area contributed by atoms with Crippen molar-refractivity contribution in [1.82, 2.24) is 9.62 Å². The second-order valence-corrected chi connectivity index (χ2v) is 18.6. The van der Waals surface area contributed by atoms with E-state index in [4.69, 9.17) is 21.1 Å². The lowest BCUT2D eigenvalue weighted by Crippen LogP contribution is -2.54. The monoisotopic (exact) mass is 711 g/mol. The summed E-state index contributed by atoms with van der Waals surface area (Å²) in [6, 6.07) is 11.9. The number of ether oxygens (including phenoxy) is 2. The van der Waals surface area contributed by atoms with E-state index in [-0.39, 0.29) is 28.4 Å². The molecule has 7 atom stereocenters. The van der Waals surface area contributed by atoms with Gasteiger partial charge in [0.1, 0.15) is 5.75 Å². The minimum Gasteiger partial charge on any atom is -0.490 e. The molecular formula is C39H54ClN3O5S. The van der Waals surface area contributed by atoms with E-state index in [9.17, 15) is 14.1 Å². The lowest BCUT2D eigenvalue weighted by Gasteiger charge is -2.51. The number of rotatable bonds is 3. The zero-order chi connectivity index (χ0) is 34.4. The zero-order valence-electron chi connectivity index (χ0n) is 29.3. The minimum atomic E-state index is -2.93. The molecule has 2 aromatic carbocycles. The molecule has 1 spiro atoms. The number of aliphatic hydroxyl groups is 1. The van der Waals surface area contributed by atoms with Gasteiger partial charge in [-0.25, -0.2) is 4.21 Å². The number of aryl methyl sites for hydroxylation is 1. The average molecular weight is 712 g/mol. The highest BCUT2D eigenvalue weighted by atomic mass is 35.5. The highest BCUT2D eigenvalue weighted by molar-refractivity contribution is 7.99. The van der Waals surface area contributed by atoms with E-state index in [2.05, 4.69) is 39.4 Å². The number of fused-ring (bicyclic) bond motifs is 4. The van der Waals surface area contributed by atoms with Crippen LogP contribution in [0.25, 0.3) is 0 Å². The summed E-state index contributed by atoms with van der Waals surface area (Å²) < 4.78 is 29.0. The van der Waals surface area contributed by atoms with Gasteiger partial charge in [0.2, 0.25) is 0 Å². The molecule has 1 unspecified atom stereocenters. The Morgan fingerprint density at radius 1 is 1.08 bits per heavy atom. The van der Waals surface area contributed by atoms with Gasteiger partial charge in [0.15, 0.2) is 0 Å². The number of carbonyl (C=O) groups is 1. The predicted molar refractivity (Wildman–Crippen MR) is 198 cm³/mol. The highest BCUT2D eigenvalue weighted by Gasteiger charge is 2.48. The standard InChI is InChI=1S/C39H54ClN3O5S/c1-27-6-4-15-39(45,16-17-42-18-20-47-21-19-42)34-11-8-31(34)24-43-25-38(14-5-7-29-22-32(40)10-12-33(29)38)26-48-36-13-9-30(23-35(36)43)37(44)41-49(3,46)28(27)2/h9-10,12-13,22-23,27-28,31,34,45H,3-8,11,14-21,24-26H2,1-2H3,(H,41,44,46)/t27-,28+,31-,34+,38-,39+,49?/m0/s1. The van der Waals surface area contributed by atoms with Crippen LogP contribution in [0.4, 0.5) is 5.69 Å². The SMILES string of the molecule is C=S1(=O)NC(=O)c2ccc3c(c2)N(C[C@@H]2CC[C@H]2[C@](O)(CCN2CCOCC2)CCC[C@H](C)[C@H]1C)C[C@@]1(CCCc2cc(Cl)ccc21)CO3. The first-order chi connectivity index (χ1) is 23.5. The van der Waals surface area contributed by atoms with Crippen molar-refractivity contribution in [3.05, 3.63) is 58.1 Å². The molecule has 49 heavy (non-hydrogen) atoms. The Kier molecular flexibility index (Phi) is 10.0. The summed E-state index contributed by atoms with van der Waals surface area (Å²) in [4.78, 5) is 18.6. The smallest absolute Gasteiger partial charge is 0.262 e. The van der Waals surface area contributed by atoms with Crippen molar-refractivity contribution in [2.75, 3.05) is 57.4 Å². The fourth-order valence-corrected chi connectivity index (χ4v) is 11.1. The van der Waals surface area contributed by atoms with E-state index in [0.717, 1.165) is 114 Å². The van der Waals surface area contributed by atoms with Gasteiger partial charge in [-0.3, -0.25) is 14.4 Å². The van der Waals surface area contributed by atoms with E-state index < -0.39 is 15.3 Å². The summed E-state index contributed by atoms with van der Waals surface area (Å²) in [5.74, 6) is 4.99.